The van der Waals surface area contributed by atoms with Gasteiger partial charge in [0.1, 0.15) is 11.6 Å². The number of imidazole rings is 1. The standard InChI is InChI=1S/C37H41ClFN5O4/c1-37(2,3)28-17-25(36(45)46)18-31-34(28)41-33(44(31)21-27-11-16-47-27)22-42-13-9-23(10-14-42)30-7-8-32-35(40-30)43(12-4-15-48-32)20-24-5-6-26(38)19-29(24)39/h5-9,17-19,27H,4,10-16,20-22H2,1-3H3,(H,45,46). The molecule has 1 fully saturated rings. The molecule has 1 atom stereocenters. The summed E-state index contributed by atoms with van der Waals surface area (Å²) in [6.45, 7) is 11.5. The molecule has 5 heterocycles. The van der Waals surface area contributed by atoms with Gasteiger partial charge in [0.15, 0.2) is 11.6 Å². The smallest absolute Gasteiger partial charge is 0.335 e. The quantitative estimate of drug-likeness (QED) is 0.212. The van der Waals surface area contributed by atoms with Crippen molar-refractivity contribution in [2.24, 2.45) is 0 Å². The van der Waals surface area contributed by atoms with Crippen LogP contribution in [-0.4, -0.2) is 69.5 Å². The normalized spacial score (nSPS) is 18.6. The van der Waals surface area contributed by atoms with Crippen LogP contribution in [0.15, 0.2) is 48.5 Å². The highest BCUT2D eigenvalue weighted by atomic mass is 35.5. The summed E-state index contributed by atoms with van der Waals surface area (Å²) < 4.78 is 28.7. The Bertz CT molecular complexity index is 1900. The summed E-state index contributed by atoms with van der Waals surface area (Å²) >= 11 is 6.00. The molecule has 48 heavy (non-hydrogen) atoms. The maximum atomic E-state index is 14.7. The molecule has 0 bridgehead atoms. The number of aromatic carboxylic acids is 1. The molecule has 2 aromatic heterocycles. The lowest BCUT2D eigenvalue weighted by Crippen LogP contribution is -2.33. The molecule has 252 valence electrons. The highest BCUT2D eigenvalue weighted by Crippen LogP contribution is 2.35. The molecule has 1 saturated heterocycles. The van der Waals surface area contributed by atoms with Crippen LogP contribution in [0, 0.1) is 5.82 Å². The molecule has 9 nitrogen and oxygen atoms in total. The number of aromatic nitrogens is 3. The second-order valence-electron chi connectivity index (χ2n) is 14.0. The first kappa shape index (κ1) is 32.6. The van der Waals surface area contributed by atoms with Crippen LogP contribution in [-0.2, 0) is 29.8 Å². The van der Waals surface area contributed by atoms with Crippen molar-refractivity contribution in [1.82, 2.24) is 19.4 Å². The molecule has 4 aromatic rings. The second-order valence-corrected chi connectivity index (χ2v) is 14.4. The van der Waals surface area contributed by atoms with Crippen molar-refractivity contribution in [3.63, 3.8) is 0 Å². The number of carbonyl (C=O) groups is 1. The van der Waals surface area contributed by atoms with Crippen molar-refractivity contribution >= 4 is 40.0 Å². The number of anilines is 1. The average molecular weight is 674 g/mol. The Labute approximate surface area is 284 Å². The number of halogens is 2. The number of hydrogen-bond acceptors (Lipinski definition) is 7. The van der Waals surface area contributed by atoms with Crippen LogP contribution in [0.3, 0.4) is 0 Å². The molecular weight excluding hydrogens is 633 g/mol. The Balaban J connectivity index is 1.14. The van der Waals surface area contributed by atoms with Crippen LogP contribution in [0.25, 0.3) is 16.6 Å². The van der Waals surface area contributed by atoms with Crippen molar-refractivity contribution in [3.8, 4) is 5.75 Å². The minimum atomic E-state index is -0.941. The molecule has 3 aliphatic heterocycles. The molecule has 3 aliphatic rings. The van der Waals surface area contributed by atoms with Gasteiger partial charge in [-0.2, -0.15) is 0 Å². The van der Waals surface area contributed by atoms with E-state index in [1.165, 1.54) is 6.07 Å². The van der Waals surface area contributed by atoms with Gasteiger partial charge in [-0.3, -0.25) is 4.90 Å². The largest absolute Gasteiger partial charge is 0.490 e. The summed E-state index contributed by atoms with van der Waals surface area (Å²) in [6, 6.07) is 12.3. The topological polar surface area (TPSA) is 93.0 Å². The fourth-order valence-corrected chi connectivity index (χ4v) is 6.88. The lowest BCUT2D eigenvalue weighted by atomic mass is 9.85. The number of carboxylic acids is 1. The van der Waals surface area contributed by atoms with Crippen LogP contribution in [0.4, 0.5) is 10.2 Å². The van der Waals surface area contributed by atoms with Crippen LogP contribution < -0.4 is 9.64 Å². The average Bonchev–Trinajstić information content (AvgIpc) is 3.23. The predicted octanol–water partition coefficient (Wildman–Crippen LogP) is 7.09. The van der Waals surface area contributed by atoms with Gasteiger partial charge in [-0.1, -0.05) is 44.5 Å². The van der Waals surface area contributed by atoms with Gasteiger partial charge in [0.25, 0.3) is 0 Å². The molecule has 0 spiro atoms. The summed E-state index contributed by atoms with van der Waals surface area (Å²) in [5.74, 6) is 1.08. The molecule has 0 radical (unpaired) electrons. The number of ether oxygens (including phenoxy) is 2. The molecule has 0 amide bonds. The third kappa shape index (κ3) is 6.66. The number of benzene rings is 2. The monoisotopic (exact) mass is 673 g/mol. The first-order chi connectivity index (χ1) is 23.0. The van der Waals surface area contributed by atoms with Crippen LogP contribution in [0.2, 0.25) is 5.02 Å². The third-order valence-electron chi connectivity index (χ3n) is 9.50. The summed E-state index contributed by atoms with van der Waals surface area (Å²) in [5, 5.41) is 10.3. The van der Waals surface area contributed by atoms with Crippen LogP contribution >= 0.6 is 11.6 Å². The molecular formula is C37H41ClFN5O4. The Kier molecular flexibility index (Phi) is 8.91. The lowest BCUT2D eigenvalue weighted by molar-refractivity contribution is -0.0591. The van der Waals surface area contributed by atoms with Crippen molar-refractivity contribution in [2.75, 3.05) is 37.7 Å². The zero-order valence-electron chi connectivity index (χ0n) is 27.6. The van der Waals surface area contributed by atoms with Crippen molar-refractivity contribution in [1.29, 1.82) is 0 Å². The van der Waals surface area contributed by atoms with E-state index in [1.54, 1.807) is 24.3 Å². The summed E-state index contributed by atoms with van der Waals surface area (Å²) in [7, 11) is 0. The summed E-state index contributed by atoms with van der Waals surface area (Å²) in [4.78, 5) is 26.8. The van der Waals surface area contributed by atoms with E-state index < -0.39 is 5.97 Å². The van der Waals surface area contributed by atoms with Crippen molar-refractivity contribution in [2.45, 2.75) is 71.2 Å². The summed E-state index contributed by atoms with van der Waals surface area (Å²) in [6.07, 6.45) is 4.92. The molecule has 2 aromatic carbocycles. The van der Waals surface area contributed by atoms with E-state index in [1.807, 2.05) is 12.1 Å². The van der Waals surface area contributed by atoms with E-state index in [-0.39, 0.29) is 22.9 Å². The van der Waals surface area contributed by atoms with Gasteiger partial charge in [0.05, 0.1) is 48.1 Å². The van der Waals surface area contributed by atoms with Gasteiger partial charge >= 0.3 is 5.97 Å². The maximum absolute atomic E-state index is 14.7. The molecule has 1 N–H and O–H groups in total. The number of rotatable bonds is 8. The van der Waals surface area contributed by atoms with Gasteiger partial charge in [-0.05, 0) is 72.2 Å². The van der Waals surface area contributed by atoms with Gasteiger partial charge < -0.3 is 24.0 Å². The van der Waals surface area contributed by atoms with Gasteiger partial charge in [0.2, 0.25) is 0 Å². The van der Waals surface area contributed by atoms with E-state index in [9.17, 15) is 14.3 Å². The minimum absolute atomic E-state index is 0.0968. The number of pyridine rings is 1. The number of carboxylic acid groups (broad SMARTS) is 1. The van der Waals surface area contributed by atoms with E-state index in [0.29, 0.717) is 49.1 Å². The zero-order valence-corrected chi connectivity index (χ0v) is 28.4. The highest BCUT2D eigenvalue weighted by Gasteiger charge is 2.28. The Morgan fingerprint density at radius 2 is 1.92 bits per heavy atom. The van der Waals surface area contributed by atoms with Crippen molar-refractivity contribution < 1.29 is 23.8 Å². The zero-order chi connectivity index (χ0) is 33.6. The Morgan fingerprint density at radius 1 is 1.08 bits per heavy atom. The summed E-state index contributed by atoms with van der Waals surface area (Å²) in [5.41, 5.74) is 5.25. The van der Waals surface area contributed by atoms with E-state index in [2.05, 4.69) is 41.2 Å². The highest BCUT2D eigenvalue weighted by molar-refractivity contribution is 6.30. The predicted molar refractivity (Wildman–Crippen MR) is 184 cm³/mol. The molecule has 0 aliphatic carbocycles. The minimum Gasteiger partial charge on any atom is -0.490 e. The molecule has 11 heteroatoms. The number of hydrogen-bond donors (Lipinski definition) is 1. The first-order valence-electron chi connectivity index (χ1n) is 16.7. The first-order valence-corrected chi connectivity index (χ1v) is 17.0. The molecule has 7 rings (SSSR count). The van der Waals surface area contributed by atoms with Crippen molar-refractivity contribution in [3.05, 3.63) is 87.6 Å². The van der Waals surface area contributed by atoms with E-state index in [4.69, 9.17) is 31.0 Å². The molecule has 1 unspecified atom stereocenters. The van der Waals surface area contributed by atoms with Gasteiger partial charge in [-0.25, -0.2) is 19.2 Å². The van der Waals surface area contributed by atoms with Crippen LogP contribution in [0.1, 0.15) is 73.0 Å². The Hall–Kier alpha value is -3.99. The van der Waals surface area contributed by atoms with Gasteiger partial charge in [-0.15, -0.1) is 0 Å². The Morgan fingerprint density at radius 3 is 2.60 bits per heavy atom. The molecule has 0 saturated carbocycles. The van der Waals surface area contributed by atoms with E-state index in [0.717, 1.165) is 78.5 Å². The fraction of sp³-hybridized carbons (Fsp3) is 0.432. The lowest BCUT2D eigenvalue weighted by Gasteiger charge is -2.29. The fourth-order valence-electron chi connectivity index (χ4n) is 6.72. The maximum Gasteiger partial charge on any atom is 0.335 e. The van der Waals surface area contributed by atoms with Crippen LogP contribution in [0.5, 0.6) is 5.75 Å². The SMILES string of the molecule is CC(C)(C)c1cc(C(=O)O)cc2c1nc(CN1CC=C(c3ccc4c(n3)N(Cc3ccc(Cl)cc3F)CCCO4)CC1)n2CC1CCO1. The third-order valence-corrected chi connectivity index (χ3v) is 9.74. The second kappa shape index (κ2) is 13.1. The van der Waals surface area contributed by atoms with Gasteiger partial charge in [0, 0.05) is 43.4 Å². The van der Waals surface area contributed by atoms with E-state index >= 15 is 0 Å². The number of fused-ring (bicyclic) bond motifs is 2. The number of nitrogens with zero attached hydrogens (tertiary/aromatic N) is 5.